The number of halogens is 2. The molecule has 7 nitrogen and oxygen atoms in total. The normalized spacial score (nSPS) is 15.5. The maximum Gasteiger partial charge on any atom is 0.253 e. The second-order valence-corrected chi connectivity index (χ2v) is 6.65. The number of benzene rings is 1. The minimum atomic E-state index is -0.460. The van der Waals surface area contributed by atoms with Gasteiger partial charge in [-0.15, -0.1) is 12.4 Å². The van der Waals surface area contributed by atoms with E-state index in [1.807, 2.05) is 13.2 Å². The average Bonchev–Trinajstić information content (AvgIpc) is 2.94. The molecule has 0 aliphatic carbocycles. The molecule has 3 rings (SSSR count). The first-order valence-corrected chi connectivity index (χ1v) is 8.99. The van der Waals surface area contributed by atoms with E-state index in [-0.39, 0.29) is 30.0 Å². The summed E-state index contributed by atoms with van der Waals surface area (Å²) in [5, 5.41) is 7.19. The van der Waals surface area contributed by atoms with Gasteiger partial charge in [0.15, 0.2) is 0 Å². The van der Waals surface area contributed by atoms with Crippen molar-refractivity contribution in [3.05, 3.63) is 53.6 Å². The highest BCUT2D eigenvalue weighted by Gasteiger charge is 2.28. The molecule has 2 heterocycles. The van der Waals surface area contributed by atoms with Gasteiger partial charge in [0.25, 0.3) is 5.91 Å². The zero-order valence-electron chi connectivity index (χ0n) is 16.0. The molecule has 0 radical (unpaired) electrons. The average molecular weight is 410 g/mol. The first kappa shape index (κ1) is 21.8. The van der Waals surface area contributed by atoms with Crippen molar-refractivity contribution in [2.75, 3.05) is 33.2 Å². The Balaban J connectivity index is 0.00000280. The molecule has 1 fully saturated rings. The van der Waals surface area contributed by atoms with Crippen molar-refractivity contribution in [3.8, 4) is 0 Å². The standard InChI is InChI=1S/C19H24FN5O2.ClH/c1-21-17(15-12-22-23(2)13-15)19(27)25-9-3-8-24(10-11-25)18(26)14-4-6-16(20)7-5-14;/h4-7,12-13,17,21H,3,8-11H2,1-2H3;1H. The molecule has 1 aliphatic rings. The van der Waals surface area contributed by atoms with Crippen molar-refractivity contribution >= 4 is 24.2 Å². The fraction of sp³-hybridized carbons (Fsp3) is 0.421. The van der Waals surface area contributed by atoms with E-state index >= 15 is 0 Å². The number of hydrogen-bond acceptors (Lipinski definition) is 4. The molecule has 1 N–H and O–H groups in total. The Morgan fingerprint density at radius 2 is 1.75 bits per heavy atom. The lowest BCUT2D eigenvalue weighted by Gasteiger charge is -2.26. The zero-order chi connectivity index (χ0) is 19.4. The number of aromatic nitrogens is 2. The van der Waals surface area contributed by atoms with Crippen LogP contribution >= 0.6 is 12.4 Å². The van der Waals surface area contributed by atoms with Crippen LogP contribution in [0.4, 0.5) is 4.39 Å². The number of carbonyl (C=O) groups excluding carboxylic acids is 2. The molecule has 1 atom stereocenters. The largest absolute Gasteiger partial charge is 0.339 e. The van der Waals surface area contributed by atoms with Crippen molar-refractivity contribution in [1.29, 1.82) is 0 Å². The van der Waals surface area contributed by atoms with Gasteiger partial charge in [0, 0.05) is 50.6 Å². The van der Waals surface area contributed by atoms with Crippen LogP contribution in [0.1, 0.15) is 28.4 Å². The lowest BCUT2D eigenvalue weighted by Crippen LogP contribution is -2.42. The van der Waals surface area contributed by atoms with Crippen LogP contribution in [0.25, 0.3) is 0 Å². The van der Waals surface area contributed by atoms with Gasteiger partial charge in [-0.2, -0.15) is 5.10 Å². The number of amides is 2. The van der Waals surface area contributed by atoms with Gasteiger partial charge < -0.3 is 15.1 Å². The highest BCUT2D eigenvalue weighted by Crippen LogP contribution is 2.17. The van der Waals surface area contributed by atoms with E-state index in [1.165, 1.54) is 24.3 Å². The van der Waals surface area contributed by atoms with E-state index in [9.17, 15) is 14.0 Å². The molecule has 1 unspecified atom stereocenters. The highest BCUT2D eigenvalue weighted by atomic mass is 35.5. The smallest absolute Gasteiger partial charge is 0.253 e. The molecular weight excluding hydrogens is 385 g/mol. The fourth-order valence-corrected chi connectivity index (χ4v) is 3.32. The minimum Gasteiger partial charge on any atom is -0.339 e. The zero-order valence-corrected chi connectivity index (χ0v) is 16.8. The maximum atomic E-state index is 13.1. The van der Waals surface area contributed by atoms with Crippen LogP contribution in [0.3, 0.4) is 0 Å². The molecule has 152 valence electrons. The molecular formula is C19H25ClFN5O2. The monoisotopic (exact) mass is 409 g/mol. The van der Waals surface area contributed by atoms with Crippen LogP contribution in [0.2, 0.25) is 0 Å². The van der Waals surface area contributed by atoms with Crippen LogP contribution in [-0.2, 0) is 11.8 Å². The summed E-state index contributed by atoms with van der Waals surface area (Å²) in [6.07, 6.45) is 4.20. The lowest BCUT2D eigenvalue weighted by atomic mass is 10.1. The Kier molecular flexibility index (Phi) is 7.53. The Hall–Kier alpha value is -2.45. The summed E-state index contributed by atoms with van der Waals surface area (Å²) in [5.41, 5.74) is 1.27. The SMILES string of the molecule is CNC(C(=O)N1CCCN(C(=O)c2ccc(F)cc2)CC1)c1cnn(C)c1.Cl. The molecule has 1 saturated heterocycles. The van der Waals surface area contributed by atoms with E-state index in [2.05, 4.69) is 10.4 Å². The number of nitrogens with one attached hydrogen (secondary N) is 1. The Labute approximate surface area is 169 Å². The van der Waals surface area contributed by atoms with Crippen LogP contribution in [0.15, 0.2) is 36.7 Å². The summed E-state index contributed by atoms with van der Waals surface area (Å²) < 4.78 is 14.7. The summed E-state index contributed by atoms with van der Waals surface area (Å²) in [5.74, 6) is -0.531. The van der Waals surface area contributed by atoms with Crippen molar-refractivity contribution in [3.63, 3.8) is 0 Å². The second-order valence-electron chi connectivity index (χ2n) is 6.65. The third kappa shape index (κ3) is 4.88. The first-order chi connectivity index (χ1) is 13.0. The third-order valence-corrected chi connectivity index (χ3v) is 4.78. The molecule has 9 heteroatoms. The number of likely N-dealkylation sites (N-methyl/N-ethyl adjacent to an activating group) is 1. The summed E-state index contributed by atoms with van der Waals surface area (Å²) in [7, 11) is 3.56. The van der Waals surface area contributed by atoms with Gasteiger partial charge in [0.1, 0.15) is 11.9 Å². The van der Waals surface area contributed by atoms with Crippen LogP contribution in [-0.4, -0.2) is 64.6 Å². The van der Waals surface area contributed by atoms with Gasteiger partial charge in [-0.25, -0.2) is 4.39 Å². The Morgan fingerprint density at radius 3 is 2.36 bits per heavy atom. The van der Waals surface area contributed by atoms with Gasteiger partial charge in [-0.1, -0.05) is 0 Å². The quantitative estimate of drug-likeness (QED) is 0.833. The molecule has 2 amide bonds. The number of rotatable bonds is 4. The molecule has 0 bridgehead atoms. The van der Waals surface area contributed by atoms with E-state index in [1.54, 1.807) is 27.7 Å². The summed E-state index contributed by atoms with van der Waals surface area (Å²) in [6.45, 7) is 2.07. The lowest BCUT2D eigenvalue weighted by molar-refractivity contribution is -0.133. The maximum absolute atomic E-state index is 13.1. The first-order valence-electron chi connectivity index (χ1n) is 8.99. The van der Waals surface area contributed by atoms with E-state index in [4.69, 9.17) is 0 Å². The van der Waals surface area contributed by atoms with Crippen molar-refractivity contribution in [1.82, 2.24) is 24.9 Å². The molecule has 1 aromatic carbocycles. The van der Waals surface area contributed by atoms with Gasteiger partial charge in [-0.3, -0.25) is 14.3 Å². The Bertz CT molecular complexity index is 811. The molecule has 2 aromatic rings. The Morgan fingerprint density at radius 1 is 1.11 bits per heavy atom. The van der Waals surface area contributed by atoms with Crippen LogP contribution in [0.5, 0.6) is 0 Å². The third-order valence-electron chi connectivity index (χ3n) is 4.78. The highest BCUT2D eigenvalue weighted by molar-refractivity contribution is 5.94. The fourth-order valence-electron chi connectivity index (χ4n) is 3.32. The number of hydrogen-bond donors (Lipinski definition) is 1. The predicted molar refractivity (Wildman–Crippen MR) is 106 cm³/mol. The topological polar surface area (TPSA) is 70.5 Å². The number of aryl methyl sites for hydroxylation is 1. The number of nitrogens with zero attached hydrogens (tertiary/aromatic N) is 4. The van der Waals surface area contributed by atoms with Crippen molar-refractivity contribution < 1.29 is 14.0 Å². The minimum absolute atomic E-state index is 0. The van der Waals surface area contributed by atoms with Gasteiger partial charge in [0.2, 0.25) is 5.91 Å². The van der Waals surface area contributed by atoms with Gasteiger partial charge >= 0.3 is 0 Å². The van der Waals surface area contributed by atoms with E-state index in [0.717, 1.165) is 5.56 Å². The van der Waals surface area contributed by atoms with E-state index in [0.29, 0.717) is 38.2 Å². The van der Waals surface area contributed by atoms with Gasteiger partial charge in [0.05, 0.1) is 6.20 Å². The summed E-state index contributed by atoms with van der Waals surface area (Å²) in [6, 6.07) is 5.09. The van der Waals surface area contributed by atoms with Crippen LogP contribution in [0, 0.1) is 5.82 Å². The molecule has 1 aromatic heterocycles. The van der Waals surface area contributed by atoms with Crippen LogP contribution < -0.4 is 5.32 Å². The molecule has 28 heavy (non-hydrogen) atoms. The van der Waals surface area contributed by atoms with Crippen molar-refractivity contribution in [2.24, 2.45) is 7.05 Å². The molecule has 0 saturated carbocycles. The molecule has 0 spiro atoms. The summed E-state index contributed by atoms with van der Waals surface area (Å²) in [4.78, 5) is 29.1. The number of carbonyl (C=O) groups is 2. The van der Waals surface area contributed by atoms with Gasteiger partial charge in [-0.05, 0) is 37.7 Å². The predicted octanol–water partition coefficient (Wildman–Crippen LogP) is 1.62. The molecule has 1 aliphatic heterocycles. The second kappa shape index (κ2) is 9.66. The van der Waals surface area contributed by atoms with Crippen molar-refractivity contribution in [2.45, 2.75) is 12.5 Å². The van der Waals surface area contributed by atoms with E-state index < -0.39 is 6.04 Å². The summed E-state index contributed by atoms with van der Waals surface area (Å²) >= 11 is 0.